The van der Waals surface area contributed by atoms with Crippen molar-refractivity contribution in [3.8, 4) is 33.5 Å². The van der Waals surface area contributed by atoms with Crippen LogP contribution in [0.2, 0.25) is 0 Å². The van der Waals surface area contributed by atoms with E-state index in [0.717, 1.165) is 55.3 Å². The first-order chi connectivity index (χ1) is 15.4. The average molecular weight is 589 g/mol. The van der Waals surface area contributed by atoms with Crippen molar-refractivity contribution in [2.75, 3.05) is 0 Å². The van der Waals surface area contributed by atoms with Gasteiger partial charge in [0.1, 0.15) is 0 Å². The Hall–Kier alpha value is -3.48. The Balaban J connectivity index is 0.00000216. The van der Waals surface area contributed by atoms with Crippen LogP contribution in [0.1, 0.15) is 0 Å². The van der Waals surface area contributed by atoms with Gasteiger partial charge in [0, 0.05) is 27.3 Å². The minimum absolute atomic E-state index is 0. The topological polar surface area (TPSA) is 27.0 Å². The molecule has 0 saturated carbocycles. The zero-order valence-electron chi connectivity index (χ0n) is 17.0. The molecule has 2 heterocycles. The second-order valence-electron chi connectivity index (χ2n) is 7.48. The molecule has 32 heavy (non-hydrogen) atoms. The normalized spacial score (nSPS) is 10.9. The molecule has 0 amide bonds. The first-order valence-electron chi connectivity index (χ1n) is 10.3. The van der Waals surface area contributed by atoms with Crippen molar-refractivity contribution < 1.29 is 21.1 Å². The molecule has 0 atom stereocenters. The Morgan fingerprint density at radius 1 is 0.594 bits per heavy atom. The number of aromatic nitrogens is 2. The summed E-state index contributed by atoms with van der Waals surface area (Å²) in [6.07, 6.45) is 1.82. The summed E-state index contributed by atoms with van der Waals surface area (Å²) in [7, 11) is 0. The summed E-state index contributed by atoms with van der Waals surface area (Å²) < 4.78 is 0. The molecule has 0 bridgehead atoms. The molecular formula is C29H17N2Pt-3. The molecule has 0 radical (unpaired) electrons. The molecule has 0 N–H and O–H groups in total. The van der Waals surface area contributed by atoms with Crippen molar-refractivity contribution in [1.82, 2.24) is 9.97 Å². The number of para-hydroxylation sites is 2. The van der Waals surface area contributed by atoms with Crippen LogP contribution in [-0.2, 0) is 21.1 Å². The van der Waals surface area contributed by atoms with E-state index in [-0.39, 0.29) is 21.1 Å². The summed E-state index contributed by atoms with van der Waals surface area (Å²) in [5.74, 6) is 0. The van der Waals surface area contributed by atoms with Crippen LogP contribution in [-0.4, -0.2) is 4.98 Å². The first kappa shape index (κ1) is 20.4. The largest absolute Gasteiger partial charge is 0.662 e. The van der Waals surface area contributed by atoms with Gasteiger partial charge < -0.3 is 4.98 Å². The predicted octanol–water partition coefficient (Wildman–Crippen LogP) is 6.94. The maximum absolute atomic E-state index is 5.10. The van der Waals surface area contributed by atoms with Gasteiger partial charge in [-0.1, -0.05) is 48.0 Å². The molecule has 6 rings (SSSR count). The molecule has 0 aliphatic heterocycles. The molecule has 0 aliphatic rings. The Bertz CT molecular complexity index is 1520. The molecular weight excluding hydrogens is 571 g/mol. The van der Waals surface area contributed by atoms with Crippen LogP contribution < -0.4 is 4.98 Å². The summed E-state index contributed by atoms with van der Waals surface area (Å²) in [5.41, 5.74) is 8.14. The molecule has 2 aromatic heterocycles. The third kappa shape index (κ3) is 3.47. The monoisotopic (exact) mass is 588 g/mol. The molecule has 0 aliphatic carbocycles. The minimum atomic E-state index is 0. The van der Waals surface area contributed by atoms with E-state index in [4.69, 9.17) is 4.98 Å². The van der Waals surface area contributed by atoms with E-state index >= 15 is 0 Å². The van der Waals surface area contributed by atoms with Crippen molar-refractivity contribution in [3.05, 3.63) is 115 Å². The van der Waals surface area contributed by atoms with Crippen molar-refractivity contribution >= 4 is 21.8 Å². The van der Waals surface area contributed by atoms with E-state index < -0.39 is 0 Å². The fourth-order valence-electron chi connectivity index (χ4n) is 4.16. The number of benzene rings is 4. The fraction of sp³-hybridized carbons (Fsp3) is 0. The van der Waals surface area contributed by atoms with Crippen LogP contribution in [0.3, 0.4) is 0 Å². The van der Waals surface area contributed by atoms with Gasteiger partial charge in [-0.3, -0.25) is 4.98 Å². The van der Waals surface area contributed by atoms with Crippen molar-refractivity contribution in [1.29, 1.82) is 0 Å². The Labute approximate surface area is 201 Å². The van der Waals surface area contributed by atoms with Gasteiger partial charge in [-0.2, -0.15) is 47.5 Å². The van der Waals surface area contributed by atoms with Crippen LogP contribution in [0, 0.1) is 12.1 Å². The number of pyridine rings is 1. The molecule has 6 aromatic rings. The Morgan fingerprint density at radius 3 is 2.03 bits per heavy atom. The van der Waals surface area contributed by atoms with Crippen molar-refractivity contribution in [2.24, 2.45) is 0 Å². The van der Waals surface area contributed by atoms with Gasteiger partial charge in [-0.15, -0.1) is 29.3 Å². The number of nitrogens with zero attached hydrogens (tertiary/aromatic N) is 2. The Morgan fingerprint density at radius 2 is 1.28 bits per heavy atom. The molecule has 0 spiro atoms. The van der Waals surface area contributed by atoms with Gasteiger partial charge in [-0.05, 0) is 28.5 Å². The molecule has 156 valence electrons. The van der Waals surface area contributed by atoms with Crippen LogP contribution in [0.5, 0.6) is 0 Å². The van der Waals surface area contributed by atoms with Gasteiger partial charge in [-0.25, -0.2) is 5.56 Å². The fourth-order valence-corrected chi connectivity index (χ4v) is 4.16. The summed E-state index contributed by atoms with van der Waals surface area (Å²) in [5, 5.41) is 2.29. The summed E-state index contributed by atoms with van der Waals surface area (Å²) in [6, 6.07) is 39.8. The number of hydrogen-bond acceptors (Lipinski definition) is 1. The molecule has 0 unspecified atom stereocenters. The smallest absolute Gasteiger partial charge is 0.0689 e. The molecule has 3 heteroatoms. The third-order valence-electron chi connectivity index (χ3n) is 5.61. The van der Waals surface area contributed by atoms with E-state index in [9.17, 15) is 0 Å². The SMILES string of the molecule is [Pt].[c-]1ccccc1-c1[c-]c(-c2cccc3c2[n-]c2c(-c4ccccn4)cccc23)ccc1. The van der Waals surface area contributed by atoms with Gasteiger partial charge in [0.15, 0.2) is 0 Å². The second-order valence-corrected chi connectivity index (χ2v) is 7.48. The molecule has 0 fully saturated rings. The number of rotatable bonds is 3. The second kappa shape index (κ2) is 8.57. The van der Waals surface area contributed by atoms with E-state index in [1.54, 1.807) is 0 Å². The van der Waals surface area contributed by atoms with Gasteiger partial charge in [0.2, 0.25) is 0 Å². The quantitative estimate of drug-likeness (QED) is 0.210. The maximum atomic E-state index is 5.10. The zero-order chi connectivity index (χ0) is 20.6. The van der Waals surface area contributed by atoms with Crippen molar-refractivity contribution in [2.45, 2.75) is 0 Å². The zero-order valence-corrected chi connectivity index (χ0v) is 19.3. The van der Waals surface area contributed by atoms with Gasteiger partial charge >= 0.3 is 0 Å². The standard InChI is InChI=1S/C29H17N2.Pt/c1-2-9-20(10-3-1)21-11-6-12-22(19-21)23-13-7-14-24-25-15-8-16-26(29(25)31-28(23)24)27-17-4-5-18-30-27;/h1-9,11-18H;/q-3;. The maximum Gasteiger partial charge on any atom is 0.0689 e. The number of hydrogen-bond donors (Lipinski definition) is 0. The van der Waals surface area contributed by atoms with E-state index in [1.807, 2.05) is 42.6 Å². The van der Waals surface area contributed by atoms with Crippen molar-refractivity contribution in [3.63, 3.8) is 0 Å². The summed E-state index contributed by atoms with van der Waals surface area (Å²) in [6.45, 7) is 0. The minimum Gasteiger partial charge on any atom is -0.662 e. The van der Waals surface area contributed by atoms with E-state index in [0.29, 0.717) is 0 Å². The van der Waals surface area contributed by atoms with Crippen LogP contribution in [0.25, 0.3) is 55.3 Å². The molecule has 0 saturated heterocycles. The van der Waals surface area contributed by atoms with Gasteiger partial charge in [0.25, 0.3) is 0 Å². The van der Waals surface area contributed by atoms with Crippen LogP contribution in [0.4, 0.5) is 0 Å². The van der Waals surface area contributed by atoms with Gasteiger partial charge in [0.05, 0.1) is 5.69 Å². The Kier molecular flexibility index (Phi) is 5.47. The summed E-state index contributed by atoms with van der Waals surface area (Å²) in [4.78, 5) is 9.65. The van der Waals surface area contributed by atoms with E-state index in [1.165, 1.54) is 0 Å². The first-order valence-corrected chi connectivity index (χ1v) is 10.3. The molecule has 4 aromatic carbocycles. The average Bonchev–Trinajstić information content (AvgIpc) is 3.24. The molecule has 2 nitrogen and oxygen atoms in total. The van der Waals surface area contributed by atoms with E-state index in [2.05, 4.69) is 77.8 Å². The van der Waals surface area contributed by atoms with Crippen LogP contribution >= 0.6 is 0 Å². The number of fused-ring (bicyclic) bond motifs is 3. The summed E-state index contributed by atoms with van der Waals surface area (Å²) >= 11 is 0. The predicted molar refractivity (Wildman–Crippen MR) is 127 cm³/mol. The van der Waals surface area contributed by atoms with Crippen LogP contribution in [0.15, 0.2) is 103 Å². The third-order valence-corrected chi connectivity index (χ3v) is 5.61.